The fraction of sp³-hybridized carbons (Fsp3) is 0.412. The Morgan fingerprint density at radius 1 is 1.04 bits per heavy atom. The summed E-state index contributed by atoms with van der Waals surface area (Å²) < 4.78 is 4.69. The van der Waals surface area contributed by atoms with Crippen molar-refractivity contribution in [2.75, 3.05) is 13.1 Å². The number of carbonyl (C=O) groups excluding carboxylic acids is 1. The normalized spacial score (nSPS) is 10.3. The molecule has 0 aliphatic heterocycles. The van der Waals surface area contributed by atoms with Crippen molar-refractivity contribution in [2.45, 2.75) is 32.2 Å². The number of para-hydroxylation sites is 1. The molecule has 0 bridgehead atoms. The van der Waals surface area contributed by atoms with Crippen molar-refractivity contribution in [1.82, 2.24) is 0 Å². The second kappa shape index (κ2) is 16.2. The molecule has 0 radical (unpaired) electrons. The van der Waals surface area contributed by atoms with Crippen LogP contribution in [0.5, 0.6) is 5.75 Å². The molecule has 0 amide bonds. The summed E-state index contributed by atoms with van der Waals surface area (Å²) in [6.45, 7) is 1.55. The summed E-state index contributed by atoms with van der Waals surface area (Å²) in [5, 5.41) is 24.6. The topological polar surface area (TPSA) is 216 Å². The molecule has 1 aromatic carbocycles. The molecule has 1 atom stereocenters. The highest BCUT2D eigenvalue weighted by Crippen LogP contribution is 2.17. The molecule has 0 spiro atoms. The molecule has 1 aromatic rings. The average Bonchev–Trinajstić information content (AvgIpc) is 2.62. The summed E-state index contributed by atoms with van der Waals surface area (Å²) in [7, 11) is 0. The number of nitrogens with two attached hydrogens (primary N) is 3. The predicted molar refractivity (Wildman–Crippen MR) is 99.9 cm³/mol. The Morgan fingerprint density at radius 2 is 1.57 bits per heavy atom. The number of rotatable bonds is 8. The molecule has 0 fully saturated rings. The lowest BCUT2D eigenvalue weighted by atomic mass is 10.1. The first-order valence-corrected chi connectivity index (χ1v) is 8.17. The number of aromatic carboxylic acids is 1. The molecule has 158 valence electrons. The number of esters is 1. The Balaban J connectivity index is 0. The highest BCUT2D eigenvalue weighted by Gasteiger charge is 2.11. The number of hydrogen-bond acceptors (Lipinski definition) is 8. The van der Waals surface area contributed by atoms with E-state index in [1.54, 1.807) is 12.1 Å². The zero-order valence-electron chi connectivity index (χ0n) is 15.5. The van der Waals surface area contributed by atoms with Gasteiger partial charge in [0.2, 0.25) is 0 Å². The van der Waals surface area contributed by atoms with Crippen LogP contribution in [-0.2, 0) is 14.4 Å². The molecule has 0 unspecified atom stereocenters. The maximum Gasteiger partial charge on any atom is 0.339 e. The quantitative estimate of drug-likeness (QED) is 0.191. The Labute approximate surface area is 162 Å². The lowest BCUT2D eigenvalue weighted by Gasteiger charge is -2.03. The van der Waals surface area contributed by atoms with Crippen LogP contribution in [0.3, 0.4) is 0 Å². The number of ether oxygens (including phenoxy) is 1. The summed E-state index contributed by atoms with van der Waals surface area (Å²) in [5.41, 5.74) is 15.0. The Hall–Kier alpha value is -3.02. The van der Waals surface area contributed by atoms with Gasteiger partial charge in [-0.3, -0.25) is 14.4 Å². The fourth-order valence-corrected chi connectivity index (χ4v) is 1.52. The van der Waals surface area contributed by atoms with Gasteiger partial charge in [-0.2, -0.15) is 0 Å². The van der Waals surface area contributed by atoms with Crippen molar-refractivity contribution in [3.05, 3.63) is 29.8 Å². The third kappa shape index (κ3) is 15.3. The van der Waals surface area contributed by atoms with Crippen LogP contribution in [-0.4, -0.2) is 58.3 Å². The van der Waals surface area contributed by atoms with E-state index in [0.29, 0.717) is 13.0 Å². The minimum atomic E-state index is -1.11. The van der Waals surface area contributed by atoms with Crippen molar-refractivity contribution >= 4 is 23.9 Å². The molecule has 11 nitrogen and oxygen atoms in total. The van der Waals surface area contributed by atoms with Gasteiger partial charge in [0.15, 0.2) is 0 Å². The number of benzene rings is 1. The molecule has 28 heavy (non-hydrogen) atoms. The van der Waals surface area contributed by atoms with Crippen LogP contribution in [0.4, 0.5) is 0 Å². The van der Waals surface area contributed by atoms with Gasteiger partial charge in [-0.1, -0.05) is 18.6 Å². The van der Waals surface area contributed by atoms with Crippen LogP contribution >= 0.6 is 0 Å². The predicted octanol–water partition coefficient (Wildman–Crippen LogP) is -0.133. The summed E-state index contributed by atoms with van der Waals surface area (Å²) in [5.74, 6) is -3.48. The minimum absolute atomic E-state index is 0.0160. The van der Waals surface area contributed by atoms with E-state index in [-0.39, 0.29) is 17.9 Å². The standard InChI is InChI=1S/C9H8O4.C6H14N2O2.C2H5NO2/c1-6(10)13-8-5-3-2-4-7(8)9(11)12;7-4-2-1-3-5(8)6(9)10;3-1-2(4)5/h2-5H,1H3,(H,11,12);5H,1-4,7-8H2,(H,9,10);1,3H2,(H,4,5)/t;5-;/m.0./s1. The second-order valence-electron chi connectivity index (χ2n) is 5.22. The van der Waals surface area contributed by atoms with E-state index in [2.05, 4.69) is 10.5 Å². The van der Waals surface area contributed by atoms with Gasteiger partial charge in [0.05, 0.1) is 6.54 Å². The van der Waals surface area contributed by atoms with Crippen LogP contribution in [0.25, 0.3) is 0 Å². The first kappa shape index (κ1) is 27.2. The van der Waals surface area contributed by atoms with E-state index in [1.807, 2.05) is 0 Å². The summed E-state index contributed by atoms with van der Waals surface area (Å²) >= 11 is 0. The highest BCUT2D eigenvalue weighted by atomic mass is 16.5. The Bertz CT molecular complexity index is 637. The van der Waals surface area contributed by atoms with Gasteiger partial charge < -0.3 is 37.3 Å². The number of carbonyl (C=O) groups is 4. The van der Waals surface area contributed by atoms with Crippen LogP contribution in [0.15, 0.2) is 24.3 Å². The van der Waals surface area contributed by atoms with E-state index < -0.39 is 29.9 Å². The van der Waals surface area contributed by atoms with E-state index >= 15 is 0 Å². The zero-order valence-corrected chi connectivity index (χ0v) is 15.5. The van der Waals surface area contributed by atoms with Gasteiger partial charge >= 0.3 is 23.9 Å². The summed E-state index contributed by atoms with van der Waals surface area (Å²) in [4.78, 5) is 40.6. The second-order valence-corrected chi connectivity index (χ2v) is 5.22. The summed E-state index contributed by atoms with van der Waals surface area (Å²) in [6.07, 6.45) is 2.16. The third-order valence-corrected chi connectivity index (χ3v) is 2.83. The average molecular weight is 401 g/mol. The van der Waals surface area contributed by atoms with E-state index in [0.717, 1.165) is 12.8 Å². The minimum Gasteiger partial charge on any atom is -0.480 e. The number of carboxylic acid groups (broad SMARTS) is 3. The zero-order chi connectivity index (χ0) is 22.1. The van der Waals surface area contributed by atoms with Crippen molar-refractivity contribution in [1.29, 1.82) is 0 Å². The highest BCUT2D eigenvalue weighted by molar-refractivity contribution is 5.91. The van der Waals surface area contributed by atoms with E-state index in [4.69, 9.17) is 26.8 Å². The van der Waals surface area contributed by atoms with Gasteiger partial charge in [-0.25, -0.2) is 4.79 Å². The van der Waals surface area contributed by atoms with Crippen LogP contribution < -0.4 is 21.9 Å². The van der Waals surface area contributed by atoms with Gasteiger partial charge in [0.25, 0.3) is 0 Å². The smallest absolute Gasteiger partial charge is 0.339 e. The first-order chi connectivity index (χ1) is 13.1. The van der Waals surface area contributed by atoms with Crippen LogP contribution in [0.1, 0.15) is 36.5 Å². The monoisotopic (exact) mass is 401 g/mol. The maximum absolute atomic E-state index is 10.6. The molecule has 0 aliphatic carbocycles. The SMILES string of the molecule is CC(=O)Oc1ccccc1C(=O)O.NCC(=O)O.NCCCC[C@H](N)C(=O)O. The van der Waals surface area contributed by atoms with Gasteiger partial charge in [0.1, 0.15) is 17.4 Å². The molecule has 0 aliphatic rings. The fourth-order valence-electron chi connectivity index (χ4n) is 1.52. The number of aliphatic carboxylic acids is 2. The maximum atomic E-state index is 10.6. The molecular formula is C17H27N3O8. The molecule has 0 heterocycles. The number of unbranched alkanes of at least 4 members (excludes halogenated alkanes) is 1. The molecule has 1 rings (SSSR count). The molecule has 0 aromatic heterocycles. The molecule has 9 N–H and O–H groups in total. The van der Waals surface area contributed by atoms with Crippen molar-refractivity contribution in [3.63, 3.8) is 0 Å². The van der Waals surface area contributed by atoms with Crippen LogP contribution in [0, 0.1) is 0 Å². The largest absolute Gasteiger partial charge is 0.480 e. The van der Waals surface area contributed by atoms with Crippen molar-refractivity contribution in [2.24, 2.45) is 17.2 Å². The Morgan fingerprint density at radius 3 is 1.96 bits per heavy atom. The summed E-state index contributed by atoms with van der Waals surface area (Å²) in [6, 6.07) is 5.26. The van der Waals surface area contributed by atoms with Gasteiger partial charge in [-0.15, -0.1) is 0 Å². The van der Waals surface area contributed by atoms with Crippen molar-refractivity contribution in [3.8, 4) is 5.75 Å². The lowest BCUT2D eigenvalue weighted by Crippen LogP contribution is -2.29. The number of carboxylic acids is 3. The third-order valence-electron chi connectivity index (χ3n) is 2.83. The lowest BCUT2D eigenvalue weighted by molar-refractivity contribution is -0.139. The number of hydrogen-bond donors (Lipinski definition) is 6. The van der Waals surface area contributed by atoms with E-state index in [1.165, 1.54) is 19.1 Å². The molecular weight excluding hydrogens is 374 g/mol. The van der Waals surface area contributed by atoms with E-state index in [9.17, 15) is 19.2 Å². The van der Waals surface area contributed by atoms with Crippen LogP contribution in [0.2, 0.25) is 0 Å². The van der Waals surface area contributed by atoms with Gasteiger partial charge in [-0.05, 0) is 31.5 Å². The first-order valence-electron chi connectivity index (χ1n) is 8.17. The van der Waals surface area contributed by atoms with Gasteiger partial charge in [0, 0.05) is 6.92 Å². The molecule has 0 saturated heterocycles. The van der Waals surface area contributed by atoms with Crippen molar-refractivity contribution < 1.29 is 39.2 Å². The molecule has 0 saturated carbocycles. The molecule has 11 heteroatoms. The Kier molecular flexibility index (Phi) is 15.7.